The van der Waals surface area contributed by atoms with Crippen molar-refractivity contribution in [3.05, 3.63) is 11.8 Å². The van der Waals surface area contributed by atoms with Gasteiger partial charge in [-0.25, -0.2) is 4.79 Å². The average molecular weight is 365 g/mol. The van der Waals surface area contributed by atoms with Gasteiger partial charge in [0, 0.05) is 17.5 Å². The number of hydrazone groups is 1. The normalized spacial score (nSPS) is 34.0. The van der Waals surface area contributed by atoms with Crippen molar-refractivity contribution in [1.82, 2.24) is 16.1 Å². The summed E-state index contributed by atoms with van der Waals surface area (Å²) < 4.78 is 0. The van der Waals surface area contributed by atoms with Crippen molar-refractivity contribution in [2.24, 2.45) is 27.6 Å². The predicted molar refractivity (Wildman–Crippen MR) is 95.1 cm³/mol. The summed E-state index contributed by atoms with van der Waals surface area (Å²) in [7, 11) is 0. The molecule has 0 aromatic heterocycles. The molecule has 9 heteroatoms. The largest absolute Gasteiger partial charge is 0.351 e. The summed E-state index contributed by atoms with van der Waals surface area (Å²) in [6.07, 6.45) is 4.41. The minimum Gasteiger partial charge on any atom is -0.351 e. The van der Waals surface area contributed by atoms with Crippen molar-refractivity contribution in [2.45, 2.75) is 45.3 Å². The number of thioether (sulfide) groups is 1. The maximum absolute atomic E-state index is 11.9. The molecular formula is C16H23N5O3S. The average Bonchev–Trinajstić information content (AvgIpc) is 3.01. The van der Waals surface area contributed by atoms with E-state index in [0.717, 1.165) is 23.9 Å². The van der Waals surface area contributed by atoms with Crippen LogP contribution in [-0.2, 0) is 9.59 Å². The Bertz CT molecular complexity index is 702. The van der Waals surface area contributed by atoms with E-state index in [9.17, 15) is 14.4 Å². The minimum absolute atomic E-state index is 0.0514. The molecule has 1 saturated carbocycles. The summed E-state index contributed by atoms with van der Waals surface area (Å²) >= 11 is 1.16. The molecule has 3 atom stereocenters. The van der Waals surface area contributed by atoms with Crippen molar-refractivity contribution >= 4 is 34.8 Å². The van der Waals surface area contributed by atoms with Gasteiger partial charge in [-0.05, 0) is 24.2 Å². The molecule has 2 fully saturated rings. The number of amidine groups is 1. The van der Waals surface area contributed by atoms with Gasteiger partial charge in [-0.2, -0.15) is 5.10 Å². The molecule has 136 valence electrons. The maximum atomic E-state index is 11.9. The Morgan fingerprint density at radius 2 is 2.16 bits per heavy atom. The zero-order chi connectivity index (χ0) is 18.4. The van der Waals surface area contributed by atoms with Crippen molar-refractivity contribution < 1.29 is 14.4 Å². The number of hydrogen-bond donors (Lipinski definition) is 4. The summed E-state index contributed by atoms with van der Waals surface area (Å²) in [5.74, 6) is -0.352. The number of amides is 4. The van der Waals surface area contributed by atoms with Gasteiger partial charge in [0.25, 0.3) is 0 Å². The third-order valence-electron chi connectivity index (χ3n) is 5.95. The smallest absolute Gasteiger partial charge is 0.318 e. The highest BCUT2D eigenvalue weighted by Gasteiger charge is 2.57. The van der Waals surface area contributed by atoms with Crippen LogP contribution in [-0.4, -0.2) is 28.3 Å². The van der Waals surface area contributed by atoms with Crippen LogP contribution in [0.5, 0.6) is 0 Å². The first-order valence-electron chi connectivity index (χ1n) is 8.26. The Kier molecular flexibility index (Phi) is 4.30. The molecule has 1 aliphatic heterocycles. The van der Waals surface area contributed by atoms with Gasteiger partial charge in [0.1, 0.15) is 5.25 Å². The Balaban J connectivity index is 1.61. The van der Waals surface area contributed by atoms with E-state index in [2.05, 4.69) is 42.7 Å². The van der Waals surface area contributed by atoms with Crippen LogP contribution in [0.1, 0.15) is 40.0 Å². The third-order valence-corrected chi connectivity index (χ3v) is 7.04. The highest BCUT2D eigenvalue weighted by atomic mass is 32.2. The van der Waals surface area contributed by atoms with E-state index in [1.165, 1.54) is 6.42 Å². The van der Waals surface area contributed by atoms with Gasteiger partial charge < -0.3 is 11.1 Å². The predicted octanol–water partition coefficient (Wildman–Crippen LogP) is 1.00. The molecule has 0 spiro atoms. The second-order valence-electron chi connectivity index (χ2n) is 7.52. The lowest BCUT2D eigenvalue weighted by molar-refractivity contribution is -0.124. The van der Waals surface area contributed by atoms with Crippen LogP contribution < -0.4 is 21.8 Å². The van der Waals surface area contributed by atoms with Crippen molar-refractivity contribution in [1.29, 1.82) is 0 Å². The number of fused-ring (bicyclic) bond motifs is 2. The first-order chi connectivity index (χ1) is 11.6. The Labute approximate surface area is 150 Å². The fourth-order valence-corrected chi connectivity index (χ4v) is 4.84. The van der Waals surface area contributed by atoms with Gasteiger partial charge in [-0.3, -0.25) is 20.3 Å². The van der Waals surface area contributed by atoms with Crippen LogP contribution in [0.3, 0.4) is 0 Å². The summed E-state index contributed by atoms with van der Waals surface area (Å²) in [6, 6.07) is -0.928. The fraction of sp³-hybridized carbons (Fsp3) is 0.625. The van der Waals surface area contributed by atoms with E-state index >= 15 is 0 Å². The fourth-order valence-electron chi connectivity index (χ4n) is 3.92. The number of urea groups is 1. The molecule has 0 aromatic carbocycles. The number of primary amides is 1. The molecule has 2 bridgehead atoms. The number of nitrogens with zero attached hydrogens (tertiary/aromatic N) is 1. The quantitative estimate of drug-likeness (QED) is 0.553. The number of allylic oxidation sites excluding steroid dienone is 2. The van der Waals surface area contributed by atoms with E-state index in [4.69, 9.17) is 5.73 Å². The SMILES string of the molecule is CC1(C)[C@H]2C=C(N/N=C3\NC(=O)[C@H](CC(=O)NC(N)=O)S3)[C@@]1(C)CC2. The van der Waals surface area contributed by atoms with Crippen molar-refractivity contribution in [3.8, 4) is 0 Å². The van der Waals surface area contributed by atoms with Crippen LogP contribution >= 0.6 is 11.8 Å². The Hall–Kier alpha value is -2.03. The van der Waals surface area contributed by atoms with Crippen LogP contribution in [0.2, 0.25) is 0 Å². The molecule has 25 heavy (non-hydrogen) atoms. The lowest BCUT2D eigenvalue weighted by atomic mass is 9.69. The number of hydrogen-bond acceptors (Lipinski definition) is 6. The van der Waals surface area contributed by atoms with Gasteiger partial charge in [0.05, 0.1) is 0 Å². The van der Waals surface area contributed by atoms with E-state index in [1.54, 1.807) is 0 Å². The molecule has 2 aliphatic carbocycles. The second kappa shape index (κ2) is 6.05. The minimum atomic E-state index is -0.928. The first-order valence-corrected chi connectivity index (χ1v) is 9.14. The number of carbonyl (C=O) groups excluding carboxylic acids is 3. The highest BCUT2D eigenvalue weighted by Crippen LogP contribution is 2.64. The van der Waals surface area contributed by atoms with Crippen LogP contribution in [0, 0.1) is 16.7 Å². The zero-order valence-corrected chi connectivity index (χ0v) is 15.3. The summed E-state index contributed by atoms with van der Waals surface area (Å²) in [4.78, 5) is 34.2. The number of nitrogens with one attached hydrogen (secondary N) is 3. The Morgan fingerprint density at radius 3 is 2.72 bits per heavy atom. The van der Waals surface area contributed by atoms with Gasteiger partial charge in [0.15, 0.2) is 5.17 Å². The van der Waals surface area contributed by atoms with Crippen LogP contribution in [0.25, 0.3) is 0 Å². The summed E-state index contributed by atoms with van der Waals surface area (Å²) in [5.41, 5.74) is 9.34. The molecule has 1 saturated heterocycles. The number of nitrogens with two attached hydrogens (primary N) is 1. The van der Waals surface area contributed by atoms with Gasteiger partial charge >= 0.3 is 6.03 Å². The molecule has 0 aromatic rings. The van der Waals surface area contributed by atoms with Gasteiger partial charge in [-0.1, -0.05) is 38.6 Å². The number of imide groups is 1. The molecular weight excluding hydrogens is 342 g/mol. The third kappa shape index (κ3) is 3.01. The second-order valence-corrected chi connectivity index (χ2v) is 8.71. The molecule has 4 amide bonds. The van der Waals surface area contributed by atoms with Crippen molar-refractivity contribution in [3.63, 3.8) is 0 Å². The van der Waals surface area contributed by atoms with E-state index in [-0.39, 0.29) is 23.2 Å². The van der Waals surface area contributed by atoms with Crippen LogP contribution in [0.4, 0.5) is 4.79 Å². The Morgan fingerprint density at radius 1 is 1.44 bits per heavy atom. The topological polar surface area (TPSA) is 126 Å². The molecule has 8 nitrogen and oxygen atoms in total. The van der Waals surface area contributed by atoms with Gasteiger partial charge in [0.2, 0.25) is 11.8 Å². The lowest BCUT2D eigenvalue weighted by Gasteiger charge is -2.36. The zero-order valence-electron chi connectivity index (χ0n) is 14.5. The number of rotatable bonds is 4. The molecule has 3 aliphatic rings. The van der Waals surface area contributed by atoms with E-state index < -0.39 is 17.2 Å². The van der Waals surface area contributed by atoms with E-state index in [1.807, 2.05) is 5.32 Å². The molecule has 3 rings (SSSR count). The van der Waals surface area contributed by atoms with E-state index in [0.29, 0.717) is 11.1 Å². The molecule has 5 N–H and O–H groups in total. The van der Waals surface area contributed by atoms with Crippen LogP contribution in [0.15, 0.2) is 16.9 Å². The monoisotopic (exact) mass is 365 g/mol. The molecule has 0 radical (unpaired) electrons. The first kappa shape index (κ1) is 17.8. The van der Waals surface area contributed by atoms with Crippen molar-refractivity contribution in [2.75, 3.05) is 0 Å². The maximum Gasteiger partial charge on any atom is 0.318 e. The molecule has 1 heterocycles. The summed E-state index contributed by atoms with van der Waals surface area (Å²) in [6.45, 7) is 6.81. The summed E-state index contributed by atoms with van der Waals surface area (Å²) in [5, 5.41) is 8.72. The standard InChI is InChI=1S/C16H23N5O3S/c1-15(2)8-4-5-16(15,3)10(6-8)20-21-14-19-12(23)9(25-14)7-11(22)18-13(17)24/h6,8-9,20H,4-5,7H2,1-3H3,(H,19,21,23)(H3,17,18,22,24)/t8-,9+,16-/m1/s1. The molecule has 0 unspecified atom stereocenters. The highest BCUT2D eigenvalue weighted by molar-refractivity contribution is 8.15. The number of carbonyl (C=O) groups is 3. The van der Waals surface area contributed by atoms with Gasteiger partial charge in [-0.15, -0.1) is 0 Å². The lowest BCUT2D eigenvalue weighted by Crippen LogP contribution is -2.37.